The second-order valence-corrected chi connectivity index (χ2v) is 24.3. The van der Waals surface area contributed by atoms with Crippen molar-refractivity contribution < 1.29 is 68.0 Å². The van der Waals surface area contributed by atoms with Crippen LogP contribution >= 0.6 is 0 Å². The molecule has 23 N–H and O–H groups in total. The number of Topliss-reactive ketones (excluding diaryl/α,β-unsaturated/α-hetero) is 1. The molecule has 1 aromatic carbocycles. The summed E-state index contributed by atoms with van der Waals surface area (Å²) in [5.41, 5.74) is 23.2. The number of nitrogens with two attached hydrogens (primary N) is 4. The molecule has 6 rings (SSSR count). The first-order valence-corrected chi connectivity index (χ1v) is 31.8. The molecule has 0 radical (unpaired) electrons. The topological polar surface area (TPSA) is 534 Å². The van der Waals surface area contributed by atoms with E-state index in [1.54, 1.807) is 30.3 Å². The lowest BCUT2D eigenvalue weighted by Gasteiger charge is -2.33. The maximum atomic E-state index is 14.6. The quantitative estimate of drug-likeness (QED) is 0.0174. The van der Waals surface area contributed by atoms with Crippen LogP contribution in [0.4, 0.5) is 0 Å². The maximum absolute atomic E-state index is 14.6. The second kappa shape index (κ2) is 35.5. The molecule has 3 unspecified atom stereocenters. The molecule has 0 bridgehead atoms. The Bertz CT molecular complexity index is 2770. The van der Waals surface area contributed by atoms with E-state index in [4.69, 9.17) is 43.9 Å². The third-order valence-electron chi connectivity index (χ3n) is 17.4. The minimum Gasteiger partial charge on any atom is -0.480 e. The van der Waals surface area contributed by atoms with Crippen LogP contribution in [0, 0.1) is 22.1 Å². The van der Waals surface area contributed by atoms with E-state index in [0.717, 1.165) is 35.5 Å². The number of β-amino-alcohol motifs (C(OH)–C–C–N with tert-alkyl or cyclic N) is 1. The monoisotopic (exact) mass is 1290 g/mol. The van der Waals surface area contributed by atoms with Crippen molar-refractivity contribution in [2.45, 2.75) is 195 Å². The average Bonchev–Trinajstić information content (AvgIpc) is 1.65. The number of aliphatic hydroxyl groups is 2. The Morgan fingerprint density at radius 1 is 0.663 bits per heavy atom. The zero-order valence-electron chi connectivity index (χ0n) is 52.1. The van der Waals surface area contributed by atoms with Crippen LogP contribution in [0.15, 0.2) is 30.3 Å². The Morgan fingerprint density at radius 3 is 1.98 bits per heavy atom. The first-order chi connectivity index (χ1) is 43.9. The number of amides is 8. The lowest BCUT2D eigenvalue weighted by molar-refractivity contribution is -0.148. The van der Waals surface area contributed by atoms with E-state index in [1.807, 2.05) is 6.92 Å². The number of likely N-dealkylation sites (tertiary alicyclic amines) is 3. The van der Waals surface area contributed by atoms with Gasteiger partial charge in [-0.15, -0.1) is 0 Å². The molecule has 5 aliphatic rings. The third-order valence-corrected chi connectivity index (χ3v) is 17.4. The first-order valence-electron chi connectivity index (χ1n) is 31.8. The lowest BCUT2D eigenvalue weighted by atomic mass is 9.85. The number of nitrogens with one attached hydrogen (secondary N) is 12. The standard InChI is InChI=1S/C59H95N19O14/c1-2-23-92-35-27-45(48(82)38(75-59(65)66)18-19-40(56(90)91)73-51(85)42-25-33-13-6-7-15-37(33)70-42)78(30-35)54(88)43(31-79)74-50(84)41(24-32-11-4-3-5-12-32)71-47(81)28-69-52(86)46-26-34(80)29-77(46)55(89)44-17-10-22-76(44)53(87)39(16-9-21-68-58(63)64)72-49(83)36(60)14-8-20-67-57(61)62/h3-5,11-12,33-46,70,79-80H,2,6-10,13-31,60H2,1H3,(H,69,86)(H,71,81)(H,72,83)(H,73,85)(H,74,84)(H,90,91)(H4,61,62,67)(H4,63,64,68)(H4,65,66,75)/t33-,34?,35+,36+,37?,38?,39-,40-,41-,42+,43-,44-,45-,46-/m0/s1. The van der Waals surface area contributed by atoms with Gasteiger partial charge < -0.3 is 106 Å². The summed E-state index contributed by atoms with van der Waals surface area (Å²) >= 11 is 0. The van der Waals surface area contributed by atoms with Gasteiger partial charge in [0.15, 0.2) is 23.7 Å². The van der Waals surface area contributed by atoms with E-state index in [0.29, 0.717) is 37.2 Å². The van der Waals surface area contributed by atoms with Crippen LogP contribution < -0.4 is 70.8 Å². The number of nitrogens with zero attached hydrogens (tertiary/aromatic N) is 3. The third kappa shape index (κ3) is 21.1. The van der Waals surface area contributed by atoms with Crippen LogP contribution in [-0.2, 0) is 59.1 Å². The van der Waals surface area contributed by atoms with Crippen molar-refractivity contribution in [3.8, 4) is 0 Å². The summed E-state index contributed by atoms with van der Waals surface area (Å²) in [5.74, 6) is -8.90. The van der Waals surface area contributed by atoms with Gasteiger partial charge in [0.2, 0.25) is 47.3 Å². The molecule has 0 aromatic heterocycles. The smallest absolute Gasteiger partial charge is 0.326 e. The van der Waals surface area contributed by atoms with Gasteiger partial charge in [0.05, 0.1) is 49.5 Å². The molecule has 5 fully saturated rings. The van der Waals surface area contributed by atoms with Gasteiger partial charge in [-0.05, 0) is 88.5 Å². The van der Waals surface area contributed by atoms with Crippen molar-refractivity contribution in [2.75, 3.05) is 52.5 Å². The van der Waals surface area contributed by atoms with E-state index in [9.17, 15) is 63.3 Å². The van der Waals surface area contributed by atoms with E-state index in [2.05, 4.69) is 47.9 Å². The number of guanidine groups is 3. The van der Waals surface area contributed by atoms with E-state index >= 15 is 0 Å². The first kappa shape index (κ1) is 72.8. The number of carboxylic acids is 1. The van der Waals surface area contributed by atoms with Crippen molar-refractivity contribution in [3.63, 3.8) is 0 Å². The number of ketones is 1. The highest BCUT2D eigenvalue weighted by Gasteiger charge is 2.48. The fraction of sp³-hybridized carbons (Fsp3) is 0.678. The fourth-order valence-corrected chi connectivity index (χ4v) is 12.8. The summed E-state index contributed by atoms with van der Waals surface area (Å²) in [6.45, 7) is 0.478. The Morgan fingerprint density at radius 2 is 1.33 bits per heavy atom. The molecular formula is C59H95N19O14. The molecule has 8 amide bonds. The Balaban J connectivity index is 1.10. The number of fused-ring (bicyclic) bond motifs is 1. The minimum absolute atomic E-state index is 0.0596. The molecule has 92 heavy (non-hydrogen) atoms. The number of carbonyl (C=O) groups excluding carboxylic acids is 9. The number of aliphatic hydroxyl groups excluding tert-OH is 2. The average molecular weight is 1290 g/mol. The maximum Gasteiger partial charge on any atom is 0.326 e. The second-order valence-electron chi connectivity index (χ2n) is 24.3. The zero-order valence-corrected chi connectivity index (χ0v) is 52.1. The number of ether oxygens (including phenoxy) is 1. The van der Waals surface area contributed by atoms with Gasteiger partial charge in [0.25, 0.3) is 0 Å². The number of hydrogen-bond donors (Lipinski definition) is 19. The molecule has 33 nitrogen and oxygen atoms in total. The molecule has 14 atom stereocenters. The van der Waals surface area contributed by atoms with Gasteiger partial charge in [0.1, 0.15) is 36.3 Å². The van der Waals surface area contributed by atoms with Crippen molar-refractivity contribution in [1.82, 2.24) is 62.6 Å². The van der Waals surface area contributed by atoms with Crippen LogP contribution in [0.1, 0.15) is 115 Å². The van der Waals surface area contributed by atoms with Crippen molar-refractivity contribution in [2.24, 2.45) is 28.9 Å². The summed E-state index contributed by atoms with van der Waals surface area (Å²) in [7, 11) is 0. The molecule has 510 valence electrons. The van der Waals surface area contributed by atoms with Crippen molar-refractivity contribution >= 4 is 76.9 Å². The molecule has 1 saturated carbocycles. The SMILES string of the molecule is CCCO[C@@H]1C[C@@H](C(=O)C(CC[C@H](NC(=O)[C@H]2C[C@@H]3CCCCC3N2)C(=O)O)NC(=N)N)N(C(=O)[C@H](CO)NC(=O)[C@H](Cc2ccccc2)NC(=O)CNC(=O)[C@@H]2CC(O)CN2C(=O)[C@@H]2CCCN2C(=O)[C@H](CCCNC(=N)N)NC(=O)[C@H](N)CCCNC(=N)N)C1. The van der Waals surface area contributed by atoms with E-state index in [1.165, 1.54) is 4.90 Å². The number of rotatable bonds is 34. The molecule has 0 spiro atoms. The lowest BCUT2D eigenvalue weighted by Crippen LogP contribution is -2.59. The van der Waals surface area contributed by atoms with Gasteiger partial charge >= 0.3 is 5.97 Å². The van der Waals surface area contributed by atoms with Crippen LogP contribution in [-0.4, -0.2) is 238 Å². The predicted octanol–water partition coefficient (Wildman–Crippen LogP) is -5.31. The highest BCUT2D eigenvalue weighted by molar-refractivity contribution is 5.99. The number of carboxylic acid groups (broad SMARTS) is 1. The highest BCUT2D eigenvalue weighted by Crippen LogP contribution is 2.34. The van der Waals surface area contributed by atoms with Crippen molar-refractivity contribution in [1.29, 1.82) is 16.2 Å². The Kier molecular flexibility index (Phi) is 28.1. The van der Waals surface area contributed by atoms with E-state index < -0.39 is 151 Å². The summed E-state index contributed by atoms with van der Waals surface area (Å²) in [6.07, 6.45) is 3.71. The van der Waals surface area contributed by atoms with Gasteiger partial charge in [-0.1, -0.05) is 50.1 Å². The van der Waals surface area contributed by atoms with Crippen LogP contribution in [0.5, 0.6) is 0 Å². The Hall–Kier alpha value is -8.27. The minimum atomic E-state index is -1.71. The van der Waals surface area contributed by atoms with E-state index in [-0.39, 0.29) is 115 Å². The molecular weight excluding hydrogens is 1200 g/mol. The zero-order chi connectivity index (χ0) is 67.2. The fourth-order valence-electron chi connectivity index (χ4n) is 12.8. The molecule has 1 aromatic rings. The number of carbonyl (C=O) groups is 10. The number of hydrogen-bond acceptors (Lipinski definition) is 18. The molecule has 4 saturated heterocycles. The number of benzene rings is 1. The van der Waals surface area contributed by atoms with Gasteiger partial charge in [-0.3, -0.25) is 59.4 Å². The molecule has 4 aliphatic heterocycles. The van der Waals surface area contributed by atoms with Crippen LogP contribution in [0.3, 0.4) is 0 Å². The van der Waals surface area contributed by atoms with Gasteiger partial charge in [-0.25, -0.2) is 4.79 Å². The van der Waals surface area contributed by atoms with Crippen LogP contribution in [0.25, 0.3) is 0 Å². The largest absolute Gasteiger partial charge is 0.480 e. The summed E-state index contributed by atoms with van der Waals surface area (Å²) in [6, 6.07) is -3.86. The highest BCUT2D eigenvalue weighted by atomic mass is 16.5. The summed E-state index contributed by atoms with van der Waals surface area (Å²) in [5, 5.41) is 78.8. The molecule has 4 heterocycles. The van der Waals surface area contributed by atoms with Crippen LogP contribution in [0.2, 0.25) is 0 Å². The molecule has 33 heteroatoms. The summed E-state index contributed by atoms with van der Waals surface area (Å²) in [4.78, 5) is 143. The van der Waals surface area contributed by atoms with Gasteiger partial charge in [-0.2, -0.15) is 0 Å². The predicted molar refractivity (Wildman–Crippen MR) is 333 cm³/mol. The molecule has 1 aliphatic carbocycles. The normalized spacial score (nSPS) is 23.7. The van der Waals surface area contributed by atoms with Crippen molar-refractivity contribution in [3.05, 3.63) is 35.9 Å². The Labute approximate surface area is 533 Å². The number of aliphatic carboxylic acids is 1. The van der Waals surface area contributed by atoms with Gasteiger partial charge in [0, 0.05) is 64.6 Å². The summed E-state index contributed by atoms with van der Waals surface area (Å²) < 4.78 is 5.99.